The van der Waals surface area contributed by atoms with Crippen molar-refractivity contribution in [2.24, 2.45) is 5.10 Å². The van der Waals surface area contributed by atoms with Crippen molar-refractivity contribution >= 4 is 40.9 Å². The summed E-state index contributed by atoms with van der Waals surface area (Å²) in [6.07, 6.45) is 2.94. The van der Waals surface area contributed by atoms with Gasteiger partial charge in [-0.25, -0.2) is 4.98 Å². The first kappa shape index (κ1) is 14.2. The standard InChI is InChI=1S/C12H8Cl2N4O2/c13-9-5-11(14)12(15-7-9)17-16-6-8-1-3-10(4-2-8)18(19)20/h1-7H,(H,15,17)/b16-6+. The zero-order valence-electron chi connectivity index (χ0n) is 9.96. The number of pyridine rings is 1. The van der Waals surface area contributed by atoms with Crippen LogP contribution in [0.1, 0.15) is 5.56 Å². The van der Waals surface area contributed by atoms with E-state index in [4.69, 9.17) is 23.2 Å². The third-order valence-corrected chi connectivity index (χ3v) is 2.79. The molecule has 0 radical (unpaired) electrons. The summed E-state index contributed by atoms with van der Waals surface area (Å²) in [7, 11) is 0. The number of nitrogens with one attached hydrogen (secondary N) is 1. The molecule has 1 aromatic carbocycles. The van der Waals surface area contributed by atoms with Crippen molar-refractivity contribution in [1.29, 1.82) is 0 Å². The molecule has 0 amide bonds. The van der Waals surface area contributed by atoms with E-state index in [1.807, 2.05) is 0 Å². The van der Waals surface area contributed by atoms with E-state index < -0.39 is 4.92 Å². The summed E-state index contributed by atoms with van der Waals surface area (Å²) in [5.74, 6) is 0.370. The highest BCUT2D eigenvalue weighted by Crippen LogP contribution is 2.22. The van der Waals surface area contributed by atoms with Gasteiger partial charge in [-0.1, -0.05) is 23.2 Å². The average molecular weight is 311 g/mol. The number of anilines is 1. The summed E-state index contributed by atoms with van der Waals surface area (Å²) in [6, 6.07) is 7.50. The lowest BCUT2D eigenvalue weighted by atomic mass is 10.2. The molecule has 0 aliphatic carbocycles. The number of hydrogen-bond donors (Lipinski definition) is 1. The first-order valence-electron chi connectivity index (χ1n) is 5.41. The Morgan fingerprint density at radius 2 is 2.00 bits per heavy atom. The second-order valence-electron chi connectivity index (χ2n) is 3.70. The van der Waals surface area contributed by atoms with Crippen LogP contribution in [0.25, 0.3) is 0 Å². The molecule has 102 valence electrons. The normalized spacial score (nSPS) is 10.7. The number of rotatable bonds is 4. The van der Waals surface area contributed by atoms with Gasteiger partial charge in [0.1, 0.15) is 0 Å². The first-order chi connectivity index (χ1) is 9.56. The van der Waals surface area contributed by atoms with E-state index in [1.165, 1.54) is 24.5 Å². The fourth-order valence-corrected chi connectivity index (χ4v) is 1.77. The molecule has 0 unspecified atom stereocenters. The Morgan fingerprint density at radius 3 is 2.60 bits per heavy atom. The van der Waals surface area contributed by atoms with Crippen molar-refractivity contribution < 1.29 is 4.92 Å². The van der Waals surface area contributed by atoms with Crippen molar-refractivity contribution in [2.45, 2.75) is 0 Å². The molecule has 0 fully saturated rings. The number of non-ortho nitro benzene ring substituents is 1. The first-order valence-corrected chi connectivity index (χ1v) is 6.16. The molecule has 0 spiro atoms. The Morgan fingerprint density at radius 1 is 1.30 bits per heavy atom. The molecule has 2 aromatic rings. The quantitative estimate of drug-likeness (QED) is 0.530. The number of nitro groups is 1. The number of hydrogen-bond acceptors (Lipinski definition) is 5. The van der Waals surface area contributed by atoms with E-state index in [2.05, 4.69) is 15.5 Å². The van der Waals surface area contributed by atoms with Gasteiger partial charge in [-0.2, -0.15) is 5.10 Å². The van der Waals surface area contributed by atoms with E-state index in [1.54, 1.807) is 18.2 Å². The second kappa shape index (κ2) is 6.31. The Kier molecular flexibility index (Phi) is 4.49. The molecule has 1 N–H and O–H groups in total. The molecule has 1 aromatic heterocycles. The van der Waals surface area contributed by atoms with E-state index in [0.717, 1.165) is 0 Å². The van der Waals surface area contributed by atoms with Crippen LogP contribution in [-0.4, -0.2) is 16.1 Å². The van der Waals surface area contributed by atoms with Crippen molar-refractivity contribution in [3.8, 4) is 0 Å². The van der Waals surface area contributed by atoms with Gasteiger partial charge in [-0.15, -0.1) is 0 Å². The molecule has 20 heavy (non-hydrogen) atoms. The molecular formula is C12H8Cl2N4O2. The monoisotopic (exact) mass is 310 g/mol. The lowest BCUT2D eigenvalue weighted by molar-refractivity contribution is -0.384. The van der Waals surface area contributed by atoms with E-state index >= 15 is 0 Å². The maximum absolute atomic E-state index is 10.5. The molecule has 1 heterocycles. The number of aromatic nitrogens is 1. The van der Waals surface area contributed by atoms with Crippen molar-refractivity contribution in [3.63, 3.8) is 0 Å². The number of hydrazone groups is 1. The van der Waals surface area contributed by atoms with Gasteiger partial charge >= 0.3 is 0 Å². The van der Waals surface area contributed by atoms with Gasteiger partial charge in [-0.3, -0.25) is 15.5 Å². The van der Waals surface area contributed by atoms with Gasteiger partial charge in [0, 0.05) is 18.3 Å². The highest BCUT2D eigenvalue weighted by Gasteiger charge is 2.03. The molecular weight excluding hydrogens is 303 g/mol. The van der Waals surface area contributed by atoms with Crippen molar-refractivity contribution in [1.82, 2.24) is 4.98 Å². The zero-order chi connectivity index (χ0) is 14.5. The highest BCUT2D eigenvalue weighted by molar-refractivity contribution is 6.35. The predicted molar refractivity (Wildman–Crippen MR) is 78.6 cm³/mol. The Labute approximate surface area is 124 Å². The SMILES string of the molecule is O=[N+]([O-])c1ccc(/C=N/Nc2ncc(Cl)cc2Cl)cc1. The number of benzene rings is 1. The topological polar surface area (TPSA) is 80.4 Å². The number of nitrogens with zero attached hydrogens (tertiary/aromatic N) is 3. The van der Waals surface area contributed by atoms with Crippen LogP contribution in [0.5, 0.6) is 0 Å². The fourth-order valence-electron chi connectivity index (χ4n) is 1.35. The lowest BCUT2D eigenvalue weighted by Crippen LogP contribution is -1.94. The fraction of sp³-hybridized carbons (Fsp3) is 0. The van der Waals surface area contributed by atoms with Gasteiger partial charge in [0.25, 0.3) is 5.69 Å². The van der Waals surface area contributed by atoms with E-state index in [-0.39, 0.29) is 5.69 Å². The van der Waals surface area contributed by atoms with Crippen LogP contribution in [-0.2, 0) is 0 Å². The molecule has 8 heteroatoms. The van der Waals surface area contributed by atoms with Crippen LogP contribution >= 0.6 is 23.2 Å². The van der Waals surface area contributed by atoms with E-state index in [9.17, 15) is 10.1 Å². The molecule has 0 bridgehead atoms. The van der Waals surface area contributed by atoms with Crippen molar-refractivity contribution in [2.75, 3.05) is 5.43 Å². The summed E-state index contributed by atoms with van der Waals surface area (Å²) in [4.78, 5) is 14.0. The minimum Gasteiger partial charge on any atom is -0.260 e. The molecule has 0 aliphatic rings. The second-order valence-corrected chi connectivity index (χ2v) is 4.55. The van der Waals surface area contributed by atoms with Crippen LogP contribution in [0.3, 0.4) is 0 Å². The van der Waals surface area contributed by atoms with Gasteiger partial charge in [-0.05, 0) is 23.8 Å². The minimum absolute atomic E-state index is 0.0255. The molecule has 6 nitrogen and oxygen atoms in total. The Balaban J connectivity index is 2.04. The third-order valence-electron chi connectivity index (χ3n) is 2.30. The van der Waals surface area contributed by atoms with E-state index in [0.29, 0.717) is 21.4 Å². The lowest BCUT2D eigenvalue weighted by Gasteiger charge is -2.01. The third kappa shape index (κ3) is 3.66. The largest absolute Gasteiger partial charge is 0.269 e. The maximum Gasteiger partial charge on any atom is 0.269 e. The van der Waals surface area contributed by atoms with Crippen LogP contribution in [0.15, 0.2) is 41.6 Å². The van der Waals surface area contributed by atoms with Crippen LogP contribution in [0.2, 0.25) is 10.0 Å². The van der Waals surface area contributed by atoms with Gasteiger partial charge < -0.3 is 0 Å². The van der Waals surface area contributed by atoms with Crippen molar-refractivity contribution in [3.05, 3.63) is 62.3 Å². The molecule has 0 saturated carbocycles. The predicted octanol–water partition coefficient (Wildman–Crippen LogP) is 3.74. The summed E-state index contributed by atoms with van der Waals surface area (Å²) >= 11 is 11.6. The maximum atomic E-state index is 10.5. The highest BCUT2D eigenvalue weighted by atomic mass is 35.5. The smallest absolute Gasteiger partial charge is 0.260 e. The molecule has 2 rings (SSSR count). The molecule has 0 atom stereocenters. The summed E-state index contributed by atoms with van der Waals surface area (Å²) in [5, 5.41) is 15.2. The minimum atomic E-state index is -0.462. The van der Waals surface area contributed by atoms with Gasteiger partial charge in [0.2, 0.25) is 0 Å². The number of halogens is 2. The number of nitro benzene ring substituents is 1. The summed E-state index contributed by atoms with van der Waals surface area (Å²) < 4.78 is 0. The Bertz CT molecular complexity index is 659. The van der Waals surface area contributed by atoms with Gasteiger partial charge in [0.05, 0.1) is 21.2 Å². The van der Waals surface area contributed by atoms with Crippen LogP contribution < -0.4 is 5.43 Å². The summed E-state index contributed by atoms with van der Waals surface area (Å²) in [6.45, 7) is 0. The summed E-state index contributed by atoms with van der Waals surface area (Å²) in [5.41, 5.74) is 3.39. The average Bonchev–Trinajstić information content (AvgIpc) is 2.42. The zero-order valence-corrected chi connectivity index (χ0v) is 11.5. The van der Waals surface area contributed by atoms with Gasteiger partial charge in [0.15, 0.2) is 5.82 Å². The van der Waals surface area contributed by atoms with Crippen LogP contribution in [0.4, 0.5) is 11.5 Å². The Hall–Kier alpha value is -2.18. The van der Waals surface area contributed by atoms with Crippen LogP contribution in [0, 0.1) is 10.1 Å². The molecule has 0 saturated heterocycles. The molecule has 0 aliphatic heterocycles.